The summed E-state index contributed by atoms with van der Waals surface area (Å²) in [6, 6.07) is 5.79. The molecule has 0 aromatic heterocycles. The van der Waals surface area contributed by atoms with Crippen LogP contribution in [-0.2, 0) is 14.8 Å². The third-order valence-corrected chi connectivity index (χ3v) is 5.29. The van der Waals surface area contributed by atoms with Crippen LogP contribution in [0.25, 0.3) is 0 Å². The van der Waals surface area contributed by atoms with Gasteiger partial charge in [0, 0.05) is 31.6 Å². The van der Waals surface area contributed by atoms with Crippen LogP contribution in [-0.4, -0.2) is 44.0 Å². The lowest BCUT2D eigenvalue weighted by Gasteiger charge is -2.18. The van der Waals surface area contributed by atoms with Crippen LogP contribution in [0.5, 0.6) is 0 Å². The number of ketones is 1. The quantitative estimate of drug-likeness (QED) is 0.783. The van der Waals surface area contributed by atoms with Crippen LogP contribution in [0.1, 0.15) is 37.6 Å². The number of nitrogens with one attached hydrogen (secondary N) is 1. The lowest BCUT2D eigenvalue weighted by molar-refractivity contribution is -0.116. The second kappa shape index (κ2) is 8.05. The van der Waals surface area contributed by atoms with E-state index in [-0.39, 0.29) is 29.6 Å². The first-order valence-electron chi connectivity index (χ1n) is 7.20. The monoisotopic (exact) mass is 326 g/mol. The highest BCUT2D eigenvalue weighted by Crippen LogP contribution is 2.16. The molecule has 1 rings (SSSR count). The first-order valence-corrected chi connectivity index (χ1v) is 8.64. The summed E-state index contributed by atoms with van der Waals surface area (Å²) in [6.45, 7) is 6.07. The SMILES string of the molecule is CCN(CC)S(=O)(=O)c1ccc(C(=O)NCCC(C)=O)cc1. The van der Waals surface area contributed by atoms with E-state index >= 15 is 0 Å². The molecule has 122 valence electrons. The predicted molar refractivity (Wildman–Crippen MR) is 84.2 cm³/mol. The van der Waals surface area contributed by atoms with Gasteiger partial charge in [0.1, 0.15) is 5.78 Å². The summed E-state index contributed by atoms with van der Waals surface area (Å²) in [4.78, 5) is 22.8. The molecular formula is C15H22N2O4S. The lowest BCUT2D eigenvalue weighted by Crippen LogP contribution is -2.30. The Bertz CT molecular complexity index is 619. The fourth-order valence-corrected chi connectivity index (χ4v) is 3.40. The Morgan fingerprint density at radius 1 is 1.09 bits per heavy atom. The molecule has 0 aliphatic carbocycles. The van der Waals surface area contributed by atoms with Gasteiger partial charge in [-0.25, -0.2) is 8.42 Å². The van der Waals surface area contributed by atoms with Gasteiger partial charge in [0.05, 0.1) is 4.90 Å². The molecule has 22 heavy (non-hydrogen) atoms. The number of Topliss-reactive ketones (excluding diaryl/α,β-unsaturated/α-hetero) is 1. The van der Waals surface area contributed by atoms with Crippen LogP contribution in [0.4, 0.5) is 0 Å². The molecule has 0 fully saturated rings. The van der Waals surface area contributed by atoms with Gasteiger partial charge in [-0.05, 0) is 31.2 Å². The second-order valence-corrected chi connectivity index (χ2v) is 6.76. The van der Waals surface area contributed by atoms with Crippen molar-refractivity contribution in [3.63, 3.8) is 0 Å². The molecule has 7 heteroatoms. The Labute approximate surface area is 131 Å². The van der Waals surface area contributed by atoms with E-state index in [9.17, 15) is 18.0 Å². The van der Waals surface area contributed by atoms with E-state index in [1.807, 2.05) is 0 Å². The number of nitrogens with zero attached hydrogens (tertiary/aromatic N) is 1. The molecule has 0 bridgehead atoms. The minimum absolute atomic E-state index is 0.000893. The fraction of sp³-hybridized carbons (Fsp3) is 0.467. The topological polar surface area (TPSA) is 83.6 Å². The normalized spacial score (nSPS) is 11.5. The summed E-state index contributed by atoms with van der Waals surface area (Å²) in [6.07, 6.45) is 0.278. The van der Waals surface area contributed by atoms with Gasteiger partial charge in [0.2, 0.25) is 10.0 Å². The Kier molecular flexibility index (Phi) is 6.70. The minimum atomic E-state index is -3.51. The number of carbonyl (C=O) groups is 2. The zero-order valence-corrected chi connectivity index (χ0v) is 13.9. The summed E-state index contributed by atoms with van der Waals surface area (Å²) in [5.74, 6) is -0.325. The minimum Gasteiger partial charge on any atom is -0.352 e. The molecular weight excluding hydrogens is 304 g/mol. The molecule has 0 heterocycles. The first kappa shape index (κ1) is 18.3. The number of rotatable bonds is 8. The van der Waals surface area contributed by atoms with Crippen molar-refractivity contribution in [3.8, 4) is 0 Å². The van der Waals surface area contributed by atoms with Crippen molar-refractivity contribution in [2.45, 2.75) is 32.1 Å². The Hall–Kier alpha value is -1.73. The van der Waals surface area contributed by atoms with E-state index in [2.05, 4.69) is 5.32 Å². The number of amides is 1. The van der Waals surface area contributed by atoms with Gasteiger partial charge >= 0.3 is 0 Å². The Morgan fingerprint density at radius 2 is 1.64 bits per heavy atom. The van der Waals surface area contributed by atoms with Crippen molar-refractivity contribution in [3.05, 3.63) is 29.8 Å². The van der Waals surface area contributed by atoms with Gasteiger partial charge in [-0.15, -0.1) is 0 Å². The average molecular weight is 326 g/mol. The zero-order chi connectivity index (χ0) is 16.8. The molecule has 1 aromatic rings. The molecule has 6 nitrogen and oxygen atoms in total. The summed E-state index contributed by atoms with van der Waals surface area (Å²) < 4.78 is 26.0. The number of hydrogen-bond acceptors (Lipinski definition) is 4. The van der Waals surface area contributed by atoms with Crippen molar-refractivity contribution < 1.29 is 18.0 Å². The van der Waals surface area contributed by atoms with Crippen molar-refractivity contribution in [2.24, 2.45) is 0 Å². The van der Waals surface area contributed by atoms with Gasteiger partial charge in [-0.2, -0.15) is 4.31 Å². The summed E-state index contributed by atoms with van der Waals surface area (Å²) in [7, 11) is -3.51. The van der Waals surface area contributed by atoms with Crippen LogP contribution in [0, 0.1) is 0 Å². The number of carbonyl (C=O) groups excluding carboxylic acids is 2. The molecule has 0 spiro atoms. The Morgan fingerprint density at radius 3 is 2.09 bits per heavy atom. The molecule has 0 radical (unpaired) electrons. The van der Waals surface area contributed by atoms with Crippen LogP contribution in [0.3, 0.4) is 0 Å². The van der Waals surface area contributed by atoms with E-state index < -0.39 is 10.0 Å². The van der Waals surface area contributed by atoms with Crippen LogP contribution < -0.4 is 5.32 Å². The van der Waals surface area contributed by atoms with Crippen molar-refractivity contribution >= 4 is 21.7 Å². The van der Waals surface area contributed by atoms with Gasteiger partial charge in [0.15, 0.2) is 0 Å². The third-order valence-electron chi connectivity index (χ3n) is 3.22. The molecule has 0 unspecified atom stereocenters. The van der Waals surface area contributed by atoms with E-state index in [1.54, 1.807) is 13.8 Å². The lowest BCUT2D eigenvalue weighted by atomic mass is 10.2. The summed E-state index contributed by atoms with van der Waals surface area (Å²) in [5.41, 5.74) is 0.363. The maximum Gasteiger partial charge on any atom is 0.251 e. The fourth-order valence-electron chi connectivity index (χ4n) is 1.94. The number of sulfonamides is 1. The highest BCUT2D eigenvalue weighted by atomic mass is 32.2. The molecule has 0 aliphatic rings. The second-order valence-electron chi connectivity index (χ2n) is 4.82. The highest BCUT2D eigenvalue weighted by Gasteiger charge is 2.21. The highest BCUT2D eigenvalue weighted by molar-refractivity contribution is 7.89. The van der Waals surface area contributed by atoms with Crippen molar-refractivity contribution in [1.29, 1.82) is 0 Å². The molecule has 0 saturated carbocycles. The van der Waals surface area contributed by atoms with Gasteiger partial charge in [-0.3, -0.25) is 9.59 Å². The molecule has 1 amide bonds. The van der Waals surface area contributed by atoms with E-state index in [4.69, 9.17) is 0 Å². The molecule has 1 aromatic carbocycles. The average Bonchev–Trinajstić information content (AvgIpc) is 2.48. The molecule has 0 aliphatic heterocycles. The van der Waals surface area contributed by atoms with Crippen molar-refractivity contribution in [2.75, 3.05) is 19.6 Å². The van der Waals surface area contributed by atoms with Gasteiger partial charge in [-0.1, -0.05) is 13.8 Å². The molecule has 0 saturated heterocycles. The number of hydrogen-bond donors (Lipinski definition) is 1. The van der Waals surface area contributed by atoms with E-state index in [0.717, 1.165) is 0 Å². The standard InChI is InChI=1S/C15H22N2O4S/c1-4-17(5-2)22(20,21)14-8-6-13(7-9-14)15(19)16-11-10-12(3)18/h6-9H,4-5,10-11H2,1-3H3,(H,16,19). The van der Waals surface area contributed by atoms with Gasteiger partial charge in [0.25, 0.3) is 5.91 Å². The molecule has 1 N–H and O–H groups in total. The van der Waals surface area contributed by atoms with Crippen LogP contribution in [0.15, 0.2) is 29.2 Å². The number of benzene rings is 1. The summed E-state index contributed by atoms with van der Waals surface area (Å²) in [5, 5.41) is 2.61. The van der Waals surface area contributed by atoms with E-state index in [1.165, 1.54) is 35.5 Å². The predicted octanol–water partition coefficient (Wildman–Crippen LogP) is 1.43. The maximum absolute atomic E-state index is 12.3. The smallest absolute Gasteiger partial charge is 0.251 e. The Balaban J connectivity index is 2.82. The summed E-state index contributed by atoms with van der Waals surface area (Å²) >= 11 is 0. The zero-order valence-electron chi connectivity index (χ0n) is 13.1. The maximum atomic E-state index is 12.3. The molecule has 0 atom stereocenters. The largest absolute Gasteiger partial charge is 0.352 e. The van der Waals surface area contributed by atoms with Gasteiger partial charge < -0.3 is 5.32 Å². The first-order chi connectivity index (χ1) is 10.3. The van der Waals surface area contributed by atoms with E-state index in [0.29, 0.717) is 18.7 Å². The third kappa shape index (κ3) is 4.64. The van der Waals surface area contributed by atoms with Crippen LogP contribution >= 0.6 is 0 Å². The van der Waals surface area contributed by atoms with Crippen LogP contribution in [0.2, 0.25) is 0 Å². The van der Waals surface area contributed by atoms with Crippen molar-refractivity contribution in [1.82, 2.24) is 9.62 Å².